The number of hydrogen-bond acceptors (Lipinski definition) is 7. The van der Waals surface area contributed by atoms with Gasteiger partial charge in [-0.1, -0.05) is 11.6 Å². The number of aromatic nitrogens is 1. The fraction of sp³-hybridized carbons (Fsp3) is 0.500. The minimum Gasteiger partial charge on any atom is -0.490 e. The summed E-state index contributed by atoms with van der Waals surface area (Å²) in [4.78, 5) is 33.4. The molecule has 2 heterocycles. The van der Waals surface area contributed by atoms with Crippen LogP contribution < -0.4 is 15.0 Å². The van der Waals surface area contributed by atoms with Gasteiger partial charge in [-0.3, -0.25) is 4.79 Å². The third-order valence-corrected chi connectivity index (χ3v) is 6.95. The SMILES string of the molecule is CC(C)(C)OC(=O)N1CCN(c2ccc(C(=O)N[C@H]3CC[C@H](Oc4ccc(C#N)c(Cl)c4)CC3)cn2)CC1. The van der Waals surface area contributed by atoms with Crippen LogP contribution in [0, 0.1) is 11.3 Å². The summed E-state index contributed by atoms with van der Waals surface area (Å²) in [6, 6.07) is 10.9. The summed E-state index contributed by atoms with van der Waals surface area (Å²) < 4.78 is 11.5. The van der Waals surface area contributed by atoms with Crippen LogP contribution in [0.1, 0.15) is 62.4 Å². The Hall–Kier alpha value is -3.51. The van der Waals surface area contributed by atoms with E-state index in [9.17, 15) is 9.59 Å². The molecule has 0 bridgehead atoms. The van der Waals surface area contributed by atoms with Gasteiger partial charge in [-0.2, -0.15) is 5.26 Å². The number of hydrogen-bond donors (Lipinski definition) is 1. The summed E-state index contributed by atoms with van der Waals surface area (Å²) in [6.07, 6.45) is 4.61. The number of rotatable bonds is 5. The van der Waals surface area contributed by atoms with Crippen molar-refractivity contribution in [1.29, 1.82) is 5.26 Å². The Morgan fingerprint density at radius 3 is 2.37 bits per heavy atom. The maximum Gasteiger partial charge on any atom is 0.410 e. The lowest BCUT2D eigenvalue weighted by molar-refractivity contribution is 0.0240. The number of carbonyl (C=O) groups excluding carboxylic acids is 2. The van der Waals surface area contributed by atoms with E-state index in [1.165, 1.54) is 0 Å². The van der Waals surface area contributed by atoms with E-state index in [1.807, 2.05) is 32.9 Å². The first-order valence-corrected chi connectivity index (χ1v) is 13.3. The van der Waals surface area contributed by atoms with Gasteiger partial charge < -0.3 is 24.6 Å². The highest BCUT2D eigenvalue weighted by atomic mass is 35.5. The summed E-state index contributed by atoms with van der Waals surface area (Å²) in [5, 5.41) is 12.5. The van der Waals surface area contributed by atoms with E-state index in [2.05, 4.69) is 15.2 Å². The topological polar surface area (TPSA) is 108 Å². The Bertz CT molecular complexity index is 1180. The molecule has 38 heavy (non-hydrogen) atoms. The van der Waals surface area contributed by atoms with Gasteiger partial charge in [-0.05, 0) is 70.7 Å². The third-order valence-electron chi connectivity index (χ3n) is 6.64. The highest BCUT2D eigenvalue weighted by molar-refractivity contribution is 6.31. The van der Waals surface area contributed by atoms with E-state index in [1.54, 1.807) is 35.4 Å². The van der Waals surface area contributed by atoms with Crippen LogP contribution in [0.4, 0.5) is 10.6 Å². The number of nitrogens with one attached hydrogen (secondary N) is 1. The molecule has 1 saturated heterocycles. The van der Waals surface area contributed by atoms with Crippen molar-refractivity contribution in [1.82, 2.24) is 15.2 Å². The highest BCUT2D eigenvalue weighted by Gasteiger charge is 2.27. The van der Waals surface area contributed by atoms with Gasteiger partial charge in [0.1, 0.15) is 23.2 Å². The smallest absolute Gasteiger partial charge is 0.410 e. The molecule has 1 aliphatic carbocycles. The number of pyridine rings is 1. The van der Waals surface area contributed by atoms with Crippen molar-refractivity contribution in [2.24, 2.45) is 0 Å². The maximum absolute atomic E-state index is 12.8. The number of amides is 2. The molecule has 2 fully saturated rings. The number of nitriles is 1. The average molecular weight is 540 g/mol. The highest BCUT2D eigenvalue weighted by Crippen LogP contribution is 2.27. The Kier molecular flexibility index (Phi) is 8.62. The molecule has 1 N–H and O–H groups in total. The number of ether oxygens (including phenoxy) is 2. The zero-order chi connectivity index (χ0) is 27.3. The maximum atomic E-state index is 12.8. The molecular formula is C28H34ClN5O4. The quantitative estimate of drug-likeness (QED) is 0.582. The van der Waals surface area contributed by atoms with Gasteiger partial charge >= 0.3 is 6.09 Å². The number of carbonyl (C=O) groups is 2. The van der Waals surface area contributed by atoms with Crippen LogP contribution in [0.25, 0.3) is 0 Å². The van der Waals surface area contributed by atoms with Crippen molar-refractivity contribution in [3.8, 4) is 11.8 Å². The van der Waals surface area contributed by atoms with Crippen molar-refractivity contribution in [3.63, 3.8) is 0 Å². The Morgan fingerprint density at radius 1 is 1.08 bits per heavy atom. The molecule has 1 saturated carbocycles. The summed E-state index contributed by atoms with van der Waals surface area (Å²) in [5.41, 5.74) is 0.431. The van der Waals surface area contributed by atoms with E-state index in [-0.39, 0.29) is 24.1 Å². The van der Waals surface area contributed by atoms with Crippen LogP contribution in [0.15, 0.2) is 36.5 Å². The molecule has 10 heteroatoms. The Morgan fingerprint density at radius 2 is 1.79 bits per heavy atom. The fourth-order valence-electron chi connectivity index (χ4n) is 4.60. The first-order chi connectivity index (χ1) is 18.1. The van der Waals surface area contributed by atoms with Crippen molar-refractivity contribution in [2.75, 3.05) is 31.1 Å². The first kappa shape index (κ1) is 27.5. The minimum atomic E-state index is -0.514. The van der Waals surface area contributed by atoms with Gasteiger partial charge in [0.2, 0.25) is 0 Å². The zero-order valence-corrected chi connectivity index (χ0v) is 22.8. The summed E-state index contributed by atoms with van der Waals surface area (Å²) in [6.45, 7) is 8.00. The first-order valence-electron chi connectivity index (χ1n) is 13.0. The molecule has 0 radical (unpaired) electrons. The van der Waals surface area contributed by atoms with Gasteiger partial charge in [0.25, 0.3) is 5.91 Å². The molecular weight excluding hydrogens is 506 g/mol. The molecule has 1 aromatic heterocycles. The largest absolute Gasteiger partial charge is 0.490 e. The van der Waals surface area contributed by atoms with Gasteiger partial charge in [-0.15, -0.1) is 0 Å². The van der Waals surface area contributed by atoms with Gasteiger partial charge in [0, 0.05) is 44.5 Å². The summed E-state index contributed by atoms with van der Waals surface area (Å²) in [7, 11) is 0. The summed E-state index contributed by atoms with van der Waals surface area (Å²) in [5.74, 6) is 1.30. The van der Waals surface area contributed by atoms with Crippen molar-refractivity contribution in [2.45, 2.75) is 64.2 Å². The minimum absolute atomic E-state index is 0.0453. The zero-order valence-electron chi connectivity index (χ0n) is 22.1. The molecule has 9 nitrogen and oxygen atoms in total. The van der Waals surface area contributed by atoms with Crippen LogP contribution in [0.3, 0.4) is 0 Å². The molecule has 1 aliphatic heterocycles. The van der Waals surface area contributed by atoms with Crippen LogP contribution in [0.5, 0.6) is 5.75 Å². The van der Waals surface area contributed by atoms with Gasteiger partial charge in [0.15, 0.2) is 0 Å². The standard InChI is InChI=1S/C28H34ClN5O4/c1-28(2,3)38-27(36)34-14-12-33(13-15-34)25-11-5-20(18-31-25)26(35)32-21-6-9-22(10-7-21)37-23-8-4-19(17-30)24(29)16-23/h4-5,8,11,16,18,21-22H,6-7,9-10,12-15H2,1-3H3,(H,32,35)/t21-,22-. The lowest BCUT2D eigenvalue weighted by Gasteiger charge is -2.36. The van der Waals surface area contributed by atoms with Crippen LogP contribution in [0.2, 0.25) is 5.02 Å². The van der Waals surface area contributed by atoms with Crippen LogP contribution in [-0.2, 0) is 4.74 Å². The van der Waals surface area contributed by atoms with E-state index in [4.69, 9.17) is 26.3 Å². The normalized spacial score (nSPS) is 19.9. The number of nitrogens with zero attached hydrogens (tertiary/aromatic N) is 4. The van der Waals surface area contributed by atoms with Gasteiger partial charge in [0.05, 0.1) is 22.3 Å². The van der Waals surface area contributed by atoms with E-state index >= 15 is 0 Å². The molecule has 2 aliphatic rings. The molecule has 2 aromatic rings. The molecule has 2 amide bonds. The Balaban J connectivity index is 1.21. The molecule has 0 spiro atoms. The molecule has 4 rings (SSSR count). The number of benzene rings is 1. The van der Waals surface area contributed by atoms with Crippen molar-refractivity contribution < 1.29 is 19.1 Å². The Labute approximate surface area is 228 Å². The molecule has 1 aromatic carbocycles. The predicted molar refractivity (Wildman–Crippen MR) is 145 cm³/mol. The second-order valence-electron chi connectivity index (χ2n) is 10.7. The van der Waals surface area contributed by atoms with E-state index in [0.29, 0.717) is 48.1 Å². The van der Waals surface area contributed by atoms with Crippen LogP contribution in [-0.4, -0.2) is 65.8 Å². The lowest BCUT2D eigenvalue weighted by atomic mass is 9.92. The van der Waals surface area contributed by atoms with Crippen LogP contribution >= 0.6 is 11.6 Å². The number of halogens is 1. The number of piperazine rings is 1. The molecule has 0 atom stereocenters. The lowest BCUT2D eigenvalue weighted by Crippen LogP contribution is -2.50. The molecule has 0 unspecified atom stereocenters. The number of anilines is 1. The van der Waals surface area contributed by atoms with E-state index < -0.39 is 5.60 Å². The summed E-state index contributed by atoms with van der Waals surface area (Å²) >= 11 is 6.10. The second kappa shape index (κ2) is 11.9. The molecule has 202 valence electrons. The van der Waals surface area contributed by atoms with Crippen molar-refractivity contribution in [3.05, 3.63) is 52.7 Å². The second-order valence-corrected chi connectivity index (χ2v) is 11.1. The predicted octanol–water partition coefficient (Wildman–Crippen LogP) is 4.78. The fourth-order valence-corrected chi connectivity index (χ4v) is 4.81. The van der Waals surface area contributed by atoms with Crippen molar-refractivity contribution >= 4 is 29.4 Å². The third kappa shape index (κ3) is 7.29. The monoisotopic (exact) mass is 539 g/mol. The average Bonchev–Trinajstić information content (AvgIpc) is 2.89. The van der Waals surface area contributed by atoms with E-state index in [0.717, 1.165) is 31.5 Å². The van der Waals surface area contributed by atoms with Gasteiger partial charge in [-0.25, -0.2) is 9.78 Å².